The molecule has 13 heteroatoms. The second-order valence-corrected chi connectivity index (χ2v) is 6.32. The third-order valence-corrected chi connectivity index (χ3v) is 3.78. The van der Waals surface area contributed by atoms with Crippen LogP contribution >= 0.6 is 0 Å². The number of guanidine groups is 1. The summed E-state index contributed by atoms with van der Waals surface area (Å²) in [7, 11) is 0. The molecule has 0 heterocycles. The van der Waals surface area contributed by atoms with Crippen LogP contribution in [-0.2, 0) is 19.2 Å². The van der Waals surface area contributed by atoms with Gasteiger partial charge in [0, 0.05) is 6.54 Å². The molecular formula is C16H32N8O5. The number of carboxylic acids is 1. The minimum atomic E-state index is -1.22. The summed E-state index contributed by atoms with van der Waals surface area (Å²) in [5, 5.41) is 25.3. The Morgan fingerprint density at radius 1 is 0.931 bits per heavy atom. The van der Waals surface area contributed by atoms with Crippen molar-refractivity contribution in [3.63, 3.8) is 0 Å². The largest absolute Gasteiger partial charge is 0.480 e. The van der Waals surface area contributed by atoms with Crippen LogP contribution in [0.15, 0.2) is 0 Å². The molecular weight excluding hydrogens is 384 g/mol. The van der Waals surface area contributed by atoms with E-state index in [1.807, 2.05) is 0 Å². The Labute approximate surface area is 169 Å². The second kappa shape index (κ2) is 15.0. The monoisotopic (exact) mass is 416 g/mol. The van der Waals surface area contributed by atoms with E-state index in [0.29, 0.717) is 32.4 Å². The van der Waals surface area contributed by atoms with Crippen LogP contribution < -0.4 is 38.5 Å². The molecule has 13 nitrogen and oxygen atoms in total. The number of nitrogens with two attached hydrogens (primary N) is 3. The number of nitrogens with one attached hydrogen (secondary N) is 5. The molecule has 12 N–H and O–H groups in total. The van der Waals surface area contributed by atoms with E-state index >= 15 is 0 Å². The lowest BCUT2D eigenvalue weighted by Gasteiger charge is -2.19. The molecule has 0 radical (unpaired) electrons. The summed E-state index contributed by atoms with van der Waals surface area (Å²) in [6, 6.07) is -1.77. The van der Waals surface area contributed by atoms with Crippen molar-refractivity contribution in [2.75, 3.05) is 26.2 Å². The van der Waals surface area contributed by atoms with Gasteiger partial charge < -0.3 is 43.6 Å². The van der Waals surface area contributed by atoms with E-state index < -0.39 is 42.3 Å². The van der Waals surface area contributed by atoms with Crippen molar-refractivity contribution in [2.45, 2.75) is 44.2 Å². The smallest absolute Gasteiger partial charge is 0.322 e. The third-order valence-electron chi connectivity index (χ3n) is 3.78. The molecule has 0 aliphatic carbocycles. The summed E-state index contributed by atoms with van der Waals surface area (Å²) in [4.78, 5) is 46.7. The maximum atomic E-state index is 12.1. The summed E-state index contributed by atoms with van der Waals surface area (Å²) in [6.45, 7) is -0.171. The Bertz CT molecular complexity index is 572. The molecule has 3 amide bonds. The van der Waals surface area contributed by atoms with Crippen molar-refractivity contribution in [1.82, 2.24) is 21.3 Å². The molecule has 0 aliphatic rings. The Balaban J connectivity index is 4.54. The fraction of sp³-hybridized carbons (Fsp3) is 0.688. The Kier molecular flexibility index (Phi) is 13.5. The number of carbonyl (C=O) groups is 4. The van der Waals surface area contributed by atoms with Crippen LogP contribution in [-0.4, -0.2) is 73.0 Å². The molecule has 0 rings (SSSR count). The van der Waals surface area contributed by atoms with Gasteiger partial charge in [0.05, 0.1) is 12.6 Å². The highest BCUT2D eigenvalue weighted by molar-refractivity contribution is 5.91. The van der Waals surface area contributed by atoms with E-state index in [4.69, 9.17) is 27.7 Å². The molecule has 0 fully saturated rings. The van der Waals surface area contributed by atoms with E-state index in [0.717, 1.165) is 6.42 Å². The van der Waals surface area contributed by atoms with Gasteiger partial charge >= 0.3 is 5.97 Å². The lowest BCUT2D eigenvalue weighted by atomic mass is 10.1. The second-order valence-electron chi connectivity index (χ2n) is 6.32. The zero-order valence-electron chi connectivity index (χ0n) is 16.3. The van der Waals surface area contributed by atoms with Crippen molar-refractivity contribution < 1.29 is 24.3 Å². The summed E-state index contributed by atoms with van der Waals surface area (Å²) in [6.07, 6.45) is 2.42. The van der Waals surface area contributed by atoms with Gasteiger partial charge in [0.2, 0.25) is 17.7 Å². The van der Waals surface area contributed by atoms with Gasteiger partial charge in [0.15, 0.2) is 5.96 Å². The summed E-state index contributed by atoms with van der Waals surface area (Å²) in [5.74, 6) is -3.24. The van der Waals surface area contributed by atoms with Crippen LogP contribution in [0.3, 0.4) is 0 Å². The number of hydrogen-bond acceptors (Lipinski definition) is 7. The molecule has 2 atom stereocenters. The van der Waals surface area contributed by atoms with E-state index in [2.05, 4.69) is 21.3 Å². The maximum Gasteiger partial charge on any atom is 0.322 e. The number of hydrogen-bond donors (Lipinski definition) is 9. The van der Waals surface area contributed by atoms with Gasteiger partial charge in [-0.1, -0.05) is 6.42 Å². The molecule has 29 heavy (non-hydrogen) atoms. The van der Waals surface area contributed by atoms with Gasteiger partial charge in [-0.25, -0.2) is 0 Å². The predicted octanol–water partition coefficient (Wildman–Crippen LogP) is -3.49. The van der Waals surface area contributed by atoms with E-state index in [1.54, 1.807) is 0 Å². The van der Waals surface area contributed by atoms with Gasteiger partial charge in [0.1, 0.15) is 12.6 Å². The van der Waals surface area contributed by atoms with Crippen molar-refractivity contribution in [1.29, 1.82) is 5.41 Å². The van der Waals surface area contributed by atoms with Gasteiger partial charge in [-0.15, -0.1) is 0 Å². The van der Waals surface area contributed by atoms with Crippen LogP contribution in [0.25, 0.3) is 0 Å². The molecule has 0 aromatic heterocycles. The molecule has 0 saturated heterocycles. The first-order chi connectivity index (χ1) is 13.7. The fourth-order valence-corrected chi connectivity index (χ4v) is 2.27. The third kappa shape index (κ3) is 13.8. The number of amides is 3. The predicted molar refractivity (Wildman–Crippen MR) is 106 cm³/mol. The summed E-state index contributed by atoms with van der Waals surface area (Å²) in [5.41, 5.74) is 16.3. The lowest BCUT2D eigenvalue weighted by molar-refractivity contribution is -0.138. The van der Waals surface area contributed by atoms with Gasteiger partial charge in [-0.2, -0.15) is 0 Å². The van der Waals surface area contributed by atoms with Gasteiger partial charge in [-0.05, 0) is 32.2 Å². The van der Waals surface area contributed by atoms with E-state index in [1.165, 1.54) is 0 Å². The zero-order chi connectivity index (χ0) is 22.2. The number of carboxylic acid groups (broad SMARTS) is 1. The summed E-state index contributed by atoms with van der Waals surface area (Å²) >= 11 is 0. The maximum absolute atomic E-state index is 12.1. The minimum Gasteiger partial charge on any atom is -0.480 e. The summed E-state index contributed by atoms with van der Waals surface area (Å²) < 4.78 is 0. The van der Waals surface area contributed by atoms with Gasteiger partial charge in [0.25, 0.3) is 0 Å². The molecule has 0 aliphatic heterocycles. The first-order valence-electron chi connectivity index (χ1n) is 9.27. The Morgan fingerprint density at radius 3 is 2.17 bits per heavy atom. The van der Waals surface area contributed by atoms with Crippen LogP contribution in [0, 0.1) is 5.41 Å². The normalized spacial score (nSPS) is 12.3. The van der Waals surface area contributed by atoms with Crippen LogP contribution in [0.2, 0.25) is 0 Å². The molecule has 0 unspecified atom stereocenters. The number of carbonyl (C=O) groups excluding carboxylic acids is 3. The van der Waals surface area contributed by atoms with Crippen LogP contribution in [0.5, 0.6) is 0 Å². The fourth-order valence-electron chi connectivity index (χ4n) is 2.27. The highest BCUT2D eigenvalue weighted by Crippen LogP contribution is 1.99. The average Bonchev–Trinajstić information content (AvgIpc) is 2.66. The van der Waals surface area contributed by atoms with Crippen molar-refractivity contribution in [3.8, 4) is 0 Å². The number of aliphatic carboxylic acids is 1. The molecule has 0 saturated carbocycles. The standard InChI is InChI=1S/C16H32N8O5/c17-6-2-1-4-10(18)14(28)22-8-12(25)24-11(5-3-7-21-16(19)20)15(29)23-9-13(26)27/h10-11H,1-9,17-18H2,(H,22,28)(H,23,29)(H,24,25)(H,26,27)(H4,19,20,21)/t10-,11-/m0/s1. The lowest BCUT2D eigenvalue weighted by Crippen LogP contribution is -2.51. The highest BCUT2D eigenvalue weighted by Gasteiger charge is 2.21. The molecule has 0 bridgehead atoms. The molecule has 0 aromatic carbocycles. The Hall–Kier alpha value is -2.93. The highest BCUT2D eigenvalue weighted by atomic mass is 16.4. The first kappa shape index (κ1) is 26.1. The van der Waals surface area contributed by atoms with Crippen molar-refractivity contribution >= 4 is 29.7 Å². The quantitative estimate of drug-likeness (QED) is 0.0730. The molecule has 0 aromatic rings. The minimum absolute atomic E-state index is 0.171. The van der Waals surface area contributed by atoms with Gasteiger partial charge in [-0.3, -0.25) is 24.6 Å². The molecule has 166 valence electrons. The topological polar surface area (TPSA) is 239 Å². The van der Waals surface area contributed by atoms with E-state index in [9.17, 15) is 19.2 Å². The van der Waals surface area contributed by atoms with E-state index in [-0.39, 0.29) is 18.9 Å². The SMILES string of the molecule is N=C(N)NCCC[C@H](NC(=O)CNC(=O)[C@@H](N)CCCCN)C(=O)NCC(=O)O. The van der Waals surface area contributed by atoms with Crippen molar-refractivity contribution in [2.24, 2.45) is 17.2 Å². The molecule has 0 spiro atoms. The van der Waals surface area contributed by atoms with Crippen molar-refractivity contribution in [3.05, 3.63) is 0 Å². The number of rotatable bonds is 15. The average molecular weight is 416 g/mol. The Morgan fingerprint density at radius 2 is 1.59 bits per heavy atom. The van der Waals surface area contributed by atoms with Crippen LogP contribution in [0.1, 0.15) is 32.1 Å². The first-order valence-corrected chi connectivity index (χ1v) is 9.27. The number of unbranched alkanes of at least 4 members (excludes halogenated alkanes) is 1. The van der Waals surface area contributed by atoms with Crippen LogP contribution in [0.4, 0.5) is 0 Å². The zero-order valence-corrected chi connectivity index (χ0v) is 16.3.